The van der Waals surface area contributed by atoms with Crippen molar-refractivity contribution in [3.05, 3.63) is 41.0 Å². The third-order valence-electron chi connectivity index (χ3n) is 5.90. The molecule has 3 N–H and O–H groups in total. The number of benzene rings is 1. The van der Waals surface area contributed by atoms with E-state index in [9.17, 15) is 19.5 Å². The Kier molecular flexibility index (Phi) is 8.73. The number of rotatable bonds is 7. The molecule has 9 nitrogen and oxygen atoms in total. The molecule has 0 spiro atoms. The number of aliphatic hydroxyl groups is 1. The summed E-state index contributed by atoms with van der Waals surface area (Å²) in [5.74, 6) is -1.01. The van der Waals surface area contributed by atoms with Gasteiger partial charge in [-0.3, -0.25) is 9.59 Å². The maximum Gasteiger partial charge on any atom is 0.408 e. The molecule has 1 aromatic carbocycles. The Morgan fingerprint density at radius 3 is 2.44 bits per heavy atom. The number of ether oxygens (including phenoxy) is 1. The van der Waals surface area contributed by atoms with Crippen molar-refractivity contribution in [3.63, 3.8) is 0 Å². The Morgan fingerprint density at radius 1 is 1.22 bits per heavy atom. The standard InChI is InChI=1S/C26H36N4O5S/c1-15(2)21(29-25(34)35-26(4,5)6)24(33)30-13-19(31)11-20(30)23(32)27-12-17-7-9-18(10-8-17)22-16(3)28-14-36-22/h7-10,14-15,19-21,31H,11-13H2,1-6H3,(H,27,32)(H,29,34). The van der Waals surface area contributed by atoms with Crippen molar-refractivity contribution in [2.45, 2.75) is 78.3 Å². The first-order valence-corrected chi connectivity index (χ1v) is 13.0. The van der Waals surface area contributed by atoms with Gasteiger partial charge in [0.15, 0.2) is 0 Å². The van der Waals surface area contributed by atoms with Crippen LogP contribution in [0, 0.1) is 12.8 Å². The molecule has 1 fully saturated rings. The lowest BCUT2D eigenvalue weighted by Crippen LogP contribution is -2.55. The molecule has 1 aliphatic heterocycles. The lowest BCUT2D eigenvalue weighted by atomic mass is 10.0. The maximum atomic E-state index is 13.4. The maximum absolute atomic E-state index is 13.4. The van der Waals surface area contributed by atoms with E-state index in [1.807, 2.05) is 36.7 Å². The van der Waals surface area contributed by atoms with Gasteiger partial charge in [-0.2, -0.15) is 0 Å². The summed E-state index contributed by atoms with van der Waals surface area (Å²) in [6.07, 6.45) is -1.38. The van der Waals surface area contributed by atoms with Gasteiger partial charge in [0.05, 0.1) is 22.2 Å². The molecule has 0 aliphatic carbocycles. The Hall–Kier alpha value is -2.98. The second kappa shape index (κ2) is 11.4. The highest BCUT2D eigenvalue weighted by atomic mass is 32.1. The van der Waals surface area contributed by atoms with E-state index in [0.29, 0.717) is 6.54 Å². The monoisotopic (exact) mass is 516 g/mol. The number of thiazole rings is 1. The smallest absolute Gasteiger partial charge is 0.408 e. The predicted molar refractivity (Wildman–Crippen MR) is 138 cm³/mol. The minimum atomic E-state index is -0.886. The molecule has 0 bridgehead atoms. The molecule has 0 saturated carbocycles. The second-order valence-electron chi connectivity index (χ2n) is 10.4. The number of nitrogens with zero attached hydrogens (tertiary/aromatic N) is 2. The summed E-state index contributed by atoms with van der Waals surface area (Å²) in [6, 6.07) is 6.16. The first-order chi connectivity index (χ1) is 16.9. The van der Waals surface area contributed by atoms with E-state index in [2.05, 4.69) is 15.6 Å². The van der Waals surface area contributed by atoms with Crippen LogP contribution in [0.1, 0.15) is 52.3 Å². The van der Waals surface area contributed by atoms with Crippen LogP contribution in [0.5, 0.6) is 0 Å². The van der Waals surface area contributed by atoms with Crippen LogP contribution in [0.15, 0.2) is 29.8 Å². The van der Waals surface area contributed by atoms with Crippen molar-refractivity contribution in [3.8, 4) is 10.4 Å². The van der Waals surface area contributed by atoms with Gasteiger partial charge >= 0.3 is 6.09 Å². The van der Waals surface area contributed by atoms with Crippen molar-refractivity contribution >= 4 is 29.2 Å². The first-order valence-electron chi connectivity index (χ1n) is 12.1. The van der Waals surface area contributed by atoms with Gasteiger partial charge in [-0.25, -0.2) is 9.78 Å². The first kappa shape index (κ1) is 27.6. The Morgan fingerprint density at radius 2 is 1.89 bits per heavy atom. The van der Waals surface area contributed by atoms with Crippen molar-refractivity contribution in [1.82, 2.24) is 20.5 Å². The third-order valence-corrected chi connectivity index (χ3v) is 6.88. The predicted octanol–water partition coefficient (Wildman–Crippen LogP) is 3.25. The van der Waals surface area contributed by atoms with E-state index >= 15 is 0 Å². The fourth-order valence-corrected chi connectivity index (χ4v) is 4.90. The van der Waals surface area contributed by atoms with Gasteiger partial charge in [0.25, 0.3) is 0 Å². The van der Waals surface area contributed by atoms with Crippen LogP contribution in [0.2, 0.25) is 0 Å². The molecule has 196 valence electrons. The molecule has 1 saturated heterocycles. The number of aliphatic hydroxyl groups excluding tert-OH is 1. The molecule has 3 unspecified atom stereocenters. The molecule has 0 radical (unpaired) electrons. The second-order valence-corrected chi connectivity index (χ2v) is 11.3. The van der Waals surface area contributed by atoms with Gasteiger partial charge in [0, 0.05) is 19.5 Å². The summed E-state index contributed by atoms with van der Waals surface area (Å²) >= 11 is 1.58. The van der Waals surface area contributed by atoms with Gasteiger partial charge < -0.3 is 25.4 Å². The summed E-state index contributed by atoms with van der Waals surface area (Å²) in [7, 11) is 0. The van der Waals surface area contributed by atoms with Crippen molar-refractivity contribution in [2.75, 3.05) is 6.54 Å². The molecule has 10 heteroatoms. The number of carbonyl (C=O) groups excluding carboxylic acids is 3. The zero-order valence-corrected chi connectivity index (χ0v) is 22.5. The highest BCUT2D eigenvalue weighted by Gasteiger charge is 2.42. The quantitative estimate of drug-likeness (QED) is 0.520. The average molecular weight is 517 g/mol. The fraction of sp³-hybridized carbons (Fsp3) is 0.538. The van der Waals surface area contributed by atoms with Crippen LogP contribution in [0.4, 0.5) is 4.79 Å². The number of hydrogen-bond donors (Lipinski definition) is 3. The number of carbonyl (C=O) groups is 3. The van der Waals surface area contributed by atoms with E-state index in [4.69, 9.17) is 4.74 Å². The van der Waals surface area contributed by atoms with Crippen molar-refractivity contribution < 1.29 is 24.2 Å². The van der Waals surface area contributed by atoms with E-state index in [1.165, 1.54) is 4.90 Å². The Labute approximate surface area is 216 Å². The Bertz CT molecular complexity index is 1080. The molecule has 1 aliphatic rings. The topological polar surface area (TPSA) is 121 Å². The van der Waals surface area contributed by atoms with Crippen molar-refractivity contribution in [2.24, 2.45) is 5.92 Å². The van der Waals surface area contributed by atoms with Crippen LogP contribution >= 0.6 is 11.3 Å². The highest BCUT2D eigenvalue weighted by Crippen LogP contribution is 2.27. The van der Waals surface area contributed by atoms with Crippen molar-refractivity contribution in [1.29, 1.82) is 0 Å². The summed E-state index contributed by atoms with van der Waals surface area (Å²) in [5, 5.41) is 15.8. The summed E-state index contributed by atoms with van der Waals surface area (Å²) < 4.78 is 5.30. The number of nitrogens with one attached hydrogen (secondary N) is 2. The molecule has 2 aromatic rings. The molecule has 3 atom stereocenters. The number of likely N-dealkylation sites (tertiary alicyclic amines) is 1. The molecule has 3 rings (SSSR count). The number of aryl methyl sites for hydroxylation is 1. The van der Waals surface area contributed by atoms with E-state index in [-0.39, 0.29) is 24.8 Å². The Balaban J connectivity index is 1.64. The number of hydrogen-bond acceptors (Lipinski definition) is 7. The lowest BCUT2D eigenvalue weighted by molar-refractivity contribution is -0.141. The number of alkyl carbamates (subject to hydrolysis) is 1. The van der Waals surface area contributed by atoms with Crippen LogP contribution in [0.25, 0.3) is 10.4 Å². The number of amides is 3. The molecular formula is C26H36N4O5S. The van der Waals surface area contributed by atoms with Crippen LogP contribution in [-0.4, -0.2) is 63.2 Å². The van der Waals surface area contributed by atoms with Crippen LogP contribution in [0.3, 0.4) is 0 Å². The van der Waals surface area contributed by atoms with Gasteiger partial charge in [0.2, 0.25) is 11.8 Å². The molecule has 2 heterocycles. The minimum Gasteiger partial charge on any atom is -0.444 e. The zero-order valence-electron chi connectivity index (χ0n) is 21.7. The lowest BCUT2D eigenvalue weighted by Gasteiger charge is -2.31. The van der Waals surface area contributed by atoms with E-state index in [0.717, 1.165) is 21.7 Å². The normalized spacial score (nSPS) is 18.7. The van der Waals surface area contributed by atoms with Gasteiger partial charge in [0.1, 0.15) is 17.7 Å². The SMILES string of the molecule is Cc1ncsc1-c1ccc(CNC(=O)C2CC(O)CN2C(=O)C(NC(=O)OC(C)(C)C)C(C)C)cc1. The zero-order chi connectivity index (χ0) is 26.6. The van der Waals surface area contributed by atoms with Gasteiger partial charge in [-0.1, -0.05) is 38.1 Å². The molecular weight excluding hydrogens is 480 g/mol. The highest BCUT2D eigenvalue weighted by molar-refractivity contribution is 7.13. The third kappa shape index (κ3) is 7.04. The molecule has 3 amide bonds. The fourth-order valence-electron chi connectivity index (χ4n) is 4.09. The van der Waals surface area contributed by atoms with Crippen LogP contribution < -0.4 is 10.6 Å². The van der Waals surface area contributed by atoms with E-state index in [1.54, 1.807) is 46.0 Å². The number of aromatic nitrogens is 1. The van der Waals surface area contributed by atoms with Gasteiger partial charge in [-0.15, -0.1) is 11.3 Å². The largest absolute Gasteiger partial charge is 0.444 e. The van der Waals surface area contributed by atoms with Gasteiger partial charge in [-0.05, 0) is 44.7 Å². The average Bonchev–Trinajstić information content (AvgIpc) is 3.40. The molecule has 1 aromatic heterocycles. The van der Waals surface area contributed by atoms with Crippen LogP contribution in [-0.2, 0) is 20.9 Å². The summed E-state index contributed by atoms with van der Waals surface area (Å²) in [4.78, 5) is 45.5. The summed E-state index contributed by atoms with van der Waals surface area (Å²) in [6.45, 7) is 11.1. The number of β-amino-alcohol motifs (C(OH)–C–C–N with tert-alkyl or cyclic N) is 1. The minimum absolute atomic E-state index is 0.0268. The van der Waals surface area contributed by atoms with E-state index < -0.39 is 35.8 Å². The summed E-state index contributed by atoms with van der Waals surface area (Å²) in [5.41, 5.74) is 4.06. The molecule has 36 heavy (non-hydrogen) atoms.